The van der Waals surface area contributed by atoms with E-state index in [4.69, 9.17) is 32.4 Å². The molecule has 0 spiro atoms. The normalized spacial score (nSPS) is 15.4. The van der Waals surface area contributed by atoms with Gasteiger partial charge in [-0.1, -0.05) is 23.2 Å². The Bertz CT molecular complexity index is 999. The number of aromatic nitrogens is 1. The Morgan fingerprint density at radius 1 is 1.13 bits per heavy atom. The van der Waals surface area contributed by atoms with Gasteiger partial charge in [-0.3, -0.25) is 9.69 Å². The first-order valence-electron chi connectivity index (χ1n) is 10.0. The molecule has 1 aromatic heterocycles. The summed E-state index contributed by atoms with van der Waals surface area (Å²) in [5.41, 5.74) is 1.55. The van der Waals surface area contributed by atoms with Crippen LogP contribution in [0.4, 0.5) is 0 Å². The molecular formula is C22H23Cl2N3O3. The molecule has 8 heteroatoms. The number of benzene rings is 2. The lowest BCUT2D eigenvalue weighted by molar-refractivity contribution is -0.122. The van der Waals surface area contributed by atoms with E-state index in [-0.39, 0.29) is 11.8 Å². The molecule has 1 aliphatic rings. The molecule has 0 bridgehead atoms. The van der Waals surface area contributed by atoms with Crippen LogP contribution in [0.3, 0.4) is 0 Å². The van der Waals surface area contributed by atoms with Gasteiger partial charge in [-0.15, -0.1) is 0 Å². The molecule has 2 aromatic carbocycles. The van der Waals surface area contributed by atoms with Gasteiger partial charge >= 0.3 is 0 Å². The Kier molecular flexibility index (Phi) is 6.77. The lowest BCUT2D eigenvalue weighted by atomic mass is 9.97. The molecule has 30 heavy (non-hydrogen) atoms. The molecule has 1 saturated heterocycles. The molecule has 1 fully saturated rings. The van der Waals surface area contributed by atoms with E-state index in [1.54, 1.807) is 30.3 Å². The van der Waals surface area contributed by atoms with Gasteiger partial charge < -0.3 is 14.5 Å². The second-order valence-corrected chi connectivity index (χ2v) is 8.24. The van der Waals surface area contributed by atoms with Gasteiger partial charge in [0.25, 0.3) is 0 Å². The third-order valence-corrected chi connectivity index (χ3v) is 5.66. The molecule has 0 saturated carbocycles. The summed E-state index contributed by atoms with van der Waals surface area (Å²) in [5.74, 6) is 1.76. The molecule has 3 aromatic rings. The number of carbonyl (C=O) groups is 1. The van der Waals surface area contributed by atoms with Crippen molar-refractivity contribution >= 4 is 40.2 Å². The lowest BCUT2D eigenvalue weighted by Gasteiger charge is -2.29. The van der Waals surface area contributed by atoms with Crippen LogP contribution in [-0.2, 0) is 4.79 Å². The second-order valence-electron chi connectivity index (χ2n) is 7.37. The van der Waals surface area contributed by atoms with Gasteiger partial charge in [0, 0.05) is 16.0 Å². The molecule has 6 nitrogen and oxygen atoms in total. The highest BCUT2D eigenvalue weighted by Crippen LogP contribution is 2.30. The predicted molar refractivity (Wildman–Crippen MR) is 117 cm³/mol. The van der Waals surface area contributed by atoms with Gasteiger partial charge in [0.1, 0.15) is 17.9 Å². The topological polar surface area (TPSA) is 67.6 Å². The lowest BCUT2D eigenvalue weighted by Crippen LogP contribution is -2.42. The number of carbonyl (C=O) groups excluding carboxylic acids is 1. The molecule has 1 N–H and O–H groups in total. The van der Waals surface area contributed by atoms with Crippen molar-refractivity contribution < 1.29 is 13.9 Å². The van der Waals surface area contributed by atoms with Crippen molar-refractivity contribution in [2.24, 2.45) is 0 Å². The average Bonchev–Trinajstić information content (AvgIpc) is 3.16. The highest BCUT2D eigenvalue weighted by atomic mass is 35.5. The van der Waals surface area contributed by atoms with E-state index in [2.05, 4.69) is 15.2 Å². The molecule has 2 heterocycles. The number of amides is 1. The molecule has 1 amide bonds. The van der Waals surface area contributed by atoms with Crippen LogP contribution in [0.25, 0.3) is 11.1 Å². The van der Waals surface area contributed by atoms with Crippen molar-refractivity contribution in [1.29, 1.82) is 0 Å². The van der Waals surface area contributed by atoms with E-state index < -0.39 is 0 Å². The molecule has 158 valence electrons. The minimum atomic E-state index is 0.00431. The standard InChI is InChI=1S/C22H23Cl2N3O3/c23-16-1-4-18(5-2-16)29-12-9-25-21(28)14-27-10-7-15(8-11-27)22-26-19-13-17(24)3-6-20(19)30-22/h1-6,13,15H,7-12,14H2,(H,25,28). The van der Waals surface area contributed by atoms with Gasteiger partial charge in [0.15, 0.2) is 11.5 Å². The van der Waals surface area contributed by atoms with E-state index in [9.17, 15) is 4.79 Å². The van der Waals surface area contributed by atoms with E-state index in [0.717, 1.165) is 48.7 Å². The fourth-order valence-electron chi connectivity index (χ4n) is 3.58. The molecule has 1 aliphatic heterocycles. The largest absolute Gasteiger partial charge is 0.492 e. The number of rotatable bonds is 7. The summed E-state index contributed by atoms with van der Waals surface area (Å²) in [6.07, 6.45) is 1.82. The predicted octanol–water partition coefficient (Wildman–Crippen LogP) is 4.51. The van der Waals surface area contributed by atoms with Crippen LogP contribution in [0, 0.1) is 0 Å². The van der Waals surface area contributed by atoms with E-state index in [0.29, 0.717) is 29.7 Å². The molecule has 4 rings (SSSR count). The molecule has 0 atom stereocenters. The number of halogens is 2. The molecular weight excluding hydrogens is 425 g/mol. The highest BCUT2D eigenvalue weighted by Gasteiger charge is 2.25. The SMILES string of the molecule is O=C(CN1CCC(c2nc3cc(Cl)ccc3o2)CC1)NCCOc1ccc(Cl)cc1. The third-order valence-electron chi connectivity index (χ3n) is 5.18. The number of nitrogens with one attached hydrogen (secondary N) is 1. The van der Waals surface area contributed by atoms with Crippen LogP contribution in [0.15, 0.2) is 46.9 Å². The minimum Gasteiger partial charge on any atom is -0.492 e. The van der Waals surface area contributed by atoms with Crippen LogP contribution >= 0.6 is 23.2 Å². The van der Waals surface area contributed by atoms with Crippen molar-refractivity contribution in [3.8, 4) is 5.75 Å². The van der Waals surface area contributed by atoms with Gasteiger partial charge in [-0.25, -0.2) is 4.98 Å². The summed E-state index contributed by atoms with van der Waals surface area (Å²) in [5, 5.41) is 4.22. The number of hydrogen-bond donors (Lipinski definition) is 1. The van der Waals surface area contributed by atoms with Crippen LogP contribution in [0.5, 0.6) is 5.75 Å². The van der Waals surface area contributed by atoms with Crippen molar-refractivity contribution in [3.05, 3.63) is 58.4 Å². The van der Waals surface area contributed by atoms with E-state index in [1.165, 1.54) is 0 Å². The molecule has 0 unspecified atom stereocenters. The van der Waals surface area contributed by atoms with Crippen molar-refractivity contribution in [1.82, 2.24) is 15.2 Å². The molecule has 0 aliphatic carbocycles. The zero-order valence-electron chi connectivity index (χ0n) is 16.4. The van der Waals surface area contributed by atoms with Crippen LogP contribution in [0.2, 0.25) is 10.0 Å². The van der Waals surface area contributed by atoms with E-state index in [1.807, 2.05) is 12.1 Å². The Morgan fingerprint density at radius 2 is 1.87 bits per heavy atom. The zero-order chi connectivity index (χ0) is 20.9. The van der Waals surface area contributed by atoms with Gasteiger partial charge in [-0.2, -0.15) is 0 Å². The van der Waals surface area contributed by atoms with E-state index >= 15 is 0 Å². The summed E-state index contributed by atoms with van der Waals surface area (Å²) in [6.45, 7) is 2.93. The zero-order valence-corrected chi connectivity index (χ0v) is 18.0. The van der Waals surface area contributed by atoms with Crippen LogP contribution in [0.1, 0.15) is 24.7 Å². The number of nitrogens with zero attached hydrogens (tertiary/aromatic N) is 2. The number of hydrogen-bond acceptors (Lipinski definition) is 5. The highest BCUT2D eigenvalue weighted by molar-refractivity contribution is 6.31. The van der Waals surface area contributed by atoms with Gasteiger partial charge in [0.2, 0.25) is 5.91 Å². The summed E-state index contributed by atoms with van der Waals surface area (Å²) in [4.78, 5) is 18.9. The number of oxazole rings is 1. The first-order valence-corrected chi connectivity index (χ1v) is 10.8. The quantitative estimate of drug-likeness (QED) is 0.539. The number of ether oxygens (including phenoxy) is 1. The summed E-state index contributed by atoms with van der Waals surface area (Å²) < 4.78 is 11.5. The molecule has 0 radical (unpaired) electrons. The van der Waals surface area contributed by atoms with Gasteiger partial charge in [0.05, 0.1) is 13.1 Å². The maximum atomic E-state index is 12.2. The van der Waals surface area contributed by atoms with Gasteiger partial charge in [-0.05, 0) is 68.4 Å². The fraction of sp³-hybridized carbons (Fsp3) is 0.364. The van der Waals surface area contributed by atoms with Crippen LogP contribution < -0.4 is 10.1 Å². The fourth-order valence-corrected chi connectivity index (χ4v) is 3.87. The Hall–Kier alpha value is -2.28. The maximum absolute atomic E-state index is 12.2. The Labute approximate surface area is 185 Å². The Balaban J connectivity index is 1.17. The summed E-state index contributed by atoms with van der Waals surface area (Å²) >= 11 is 11.9. The van der Waals surface area contributed by atoms with Crippen molar-refractivity contribution in [3.63, 3.8) is 0 Å². The third kappa shape index (κ3) is 5.45. The monoisotopic (exact) mass is 447 g/mol. The first-order chi connectivity index (χ1) is 14.6. The smallest absolute Gasteiger partial charge is 0.234 e. The number of fused-ring (bicyclic) bond motifs is 1. The maximum Gasteiger partial charge on any atom is 0.234 e. The Morgan fingerprint density at radius 3 is 2.63 bits per heavy atom. The summed E-state index contributed by atoms with van der Waals surface area (Å²) in [6, 6.07) is 12.6. The van der Waals surface area contributed by atoms with Crippen LogP contribution in [-0.4, -0.2) is 48.6 Å². The number of likely N-dealkylation sites (tertiary alicyclic amines) is 1. The average molecular weight is 448 g/mol. The first kappa shape index (κ1) is 21.0. The number of piperidine rings is 1. The van der Waals surface area contributed by atoms with Crippen molar-refractivity contribution in [2.75, 3.05) is 32.8 Å². The minimum absolute atomic E-state index is 0.00431. The van der Waals surface area contributed by atoms with Crippen molar-refractivity contribution in [2.45, 2.75) is 18.8 Å². The second kappa shape index (κ2) is 9.69. The summed E-state index contributed by atoms with van der Waals surface area (Å²) in [7, 11) is 0.